The lowest BCUT2D eigenvalue weighted by Gasteiger charge is -1.96. The van der Waals surface area contributed by atoms with Gasteiger partial charge in [0.1, 0.15) is 11.4 Å². The maximum absolute atomic E-state index is 11.0. The Morgan fingerprint density at radius 2 is 2.42 bits per heavy atom. The normalized spacial score (nSPS) is 9.33. The summed E-state index contributed by atoms with van der Waals surface area (Å²) >= 11 is 1.17. The smallest absolute Gasteiger partial charge is 0.322 e. The molecule has 12 heavy (non-hydrogen) atoms. The summed E-state index contributed by atoms with van der Waals surface area (Å²) in [6.07, 6.45) is 1.39. The van der Waals surface area contributed by atoms with Gasteiger partial charge in [0.05, 0.1) is 11.7 Å². The predicted molar refractivity (Wildman–Crippen MR) is 42.1 cm³/mol. The van der Waals surface area contributed by atoms with E-state index >= 15 is 0 Å². The Morgan fingerprint density at radius 3 is 2.92 bits per heavy atom. The van der Waals surface area contributed by atoms with Crippen LogP contribution in [0.25, 0.3) is 0 Å². The second-order valence-corrected chi connectivity index (χ2v) is 2.83. The molecule has 1 aromatic rings. The first kappa shape index (κ1) is 8.66. The van der Waals surface area contributed by atoms with Crippen LogP contribution in [0.2, 0.25) is 0 Å². The molecule has 6 heteroatoms. The van der Waals surface area contributed by atoms with Crippen molar-refractivity contribution in [1.82, 2.24) is 10.3 Å². The molecule has 1 aromatic heterocycles. The Balaban J connectivity index is 2.45. The summed E-state index contributed by atoms with van der Waals surface area (Å²) in [5.74, 6) is -1.47. The van der Waals surface area contributed by atoms with E-state index in [0.29, 0.717) is 4.88 Å². The number of amides is 1. The van der Waals surface area contributed by atoms with Crippen molar-refractivity contribution in [3.63, 3.8) is 0 Å². The second-order valence-electron chi connectivity index (χ2n) is 1.94. The van der Waals surface area contributed by atoms with Gasteiger partial charge in [-0.05, 0) is 0 Å². The molecule has 1 heterocycles. The fraction of sp³-hybridized carbons (Fsp3) is 0.167. The highest BCUT2D eigenvalue weighted by atomic mass is 32.1. The fourth-order valence-corrected chi connectivity index (χ4v) is 1.11. The number of carboxylic acid groups (broad SMARTS) is 1. The van der Waals surface area contributed by atoms with Crippen LogP contribution in [0.4, 0.5) is 0 Å². The summed E-state index contributed by atoms with van der Waals surface area (Å²) in [5.41, 5.74) is 1.51. The van der Waals surface area contributed by atoms with Crippen LogP contribution in [0.1, 0.15) is 9.67 Å². The number of nitrogens with one attached hydrogen (secondary N) is 1. The van der Waals surface area contributed by atoms with Crippen LogP contribution in [0.5, 0.6) is 0 Å². The first-order valence-electron chi connectivity index (χ1n) is 3.08. The first-order valence-corrected chi connectivity index (χ1v) is 3.96. The number of carbonyl (C=O) groups excluding carboxylic acids is 1. The van der Waals surface area contributed by atoms with Crippen LogP contribution in [-0.4, -0.2) is 28.5 Å². The van der Waals surface area contributed by atoms with Crippen molar-refractivity contribution in [2.45, 2.75) is 0 Å². The summed E-state index contributed by atoms with van der Waals surface area (Å²) < 4.78 is 0. The van der Waals surface area contributed by atoms with E-state index in [1.807, 2.05) is 0 Å². The maximum Gasteiger partial charge on any atom is 0.322 e. The van der Waals surface area contributed by atoms with E-state index < -0.39 is 11.9 Å². The van der Waals surface area contributed by atoms with Gasteiger partial charge < -0.3 is 10.4 Å². The number of aromatic nitrogens is 1. The quantitative estimate of drug-likeness (QED) is 0.694. The zero-order chi connectivity index (χ0) is 8.97. The third-order valence-corrected chi connectivity index (χ3v) is 1.83. The van der Waals surface area contributed by atoms with E-state index in [0.717, 1.165) is 0 Å². The van der Waals surface area contributed by atoms with E-state index in [9.17, 15) is 9.59 Å². The molecule has 0 aliphatic rings. The van der Waals surface area contributed by atoms with Crippen molar-refractivity contribution < 1.29 is 14.7 Å². The van der Waals surface area contributed by atoms with Gasteiger partial charge in [-0.3, -0.25) is 14.6 Å². The minimum absolute atomic E-state index is 0.364. The van der Waals surface area contributed by atoms with E-state index in [4.69, 9.17) is 5.11 Å². The topological polar surface area (TPSA) is 79.3 Å². The lowest BCUT2D eigenvalue weighted by molar-refractivity contribution is -0.135. The SMILES string of the molecule is O=C(O)CNC(=O)c1cncs1. The molecule has 0 atom stereocenters. The van der Waals surface area contributed by atoms with Gasteiger partial charge in [-0.1, -0.05) is 0 Å². The summed E-state index contributed by atoms with van der Waals surface area (Å²) in [7, 11) is 0. The lowest BCUT2D eigenvalue weighted by atomic mass is 10.5. The predicted octanol–water partition coefficient (Wildman–Crippen LogP) is -0.0425. The Morgan fingerprint density at radius 1 is 1.67 bits per heavy atom. The molecule has 2 N–H and O–H groups in total. The van der Waals surface area contributed by atoms with Gasteiger partial charge >= 0.3 is 5.97 Å². The number of hydrogen-bond donors (Lipinski definition) is 2. The van der Waals surface area contributed by atoms with Crippen molar-refractivity contribution in [2.75, 3.05) is 6.54 Å². The monoisotopic (exact) mass is 186 g/mol. The Kier molecular flexibility index (Phi) is 2.76. The van der Waals surface area contributed by atoms with Crippen molar-refractivity contribution in [3.05, 3.63) is 16.6 Å². The van der Waals surface area contributed by atoms with E-state index in [-0.39, 0.29) is 6.54 Å². The summed E-state index contributed by atoms with van der Waals surface area (Å²) in [6.45, 7) is -0.364. The number of aliphatic carboxylic acids is 1. The van der Waals surface area contributed by atoms with Crippen LogP contribution < -0.4 is 5.32 Å². The molecule has 64 valence electrons. The molecule has 1 amide bonds. The van der Waals surface area contributed by atoms with Crippen LogP contribution >= 0.6 is 11.3 Å². The van der Waals surface area contributed by atoms with Gasteiger partial charge in [-0.25, -0.2) is 0 Å². The largest absolute Gasteiger partial charge is 0.480 e. The summed E-state index contributed by atoms with van der Waals surface area (Å²) in [6, 6.07) is 0. The number of nitrogens with zero attached hydrogens (tertiary/aromatic N) is 1. The molecule has 0 aromatic carbocycles. The molecule has 0 unspecified atom stereocenters. The fourth-order valence-electron chi connectivity index (χ4n) is 0.571. The Bertz CT molecular complexity index is 283. The van der Waals surface area contributed by atoms with Gasteiger partial charge in [0.25, 0.3) is 5.91 Å². The third kappa shape index (κ3) is 2.31. The first-order chi connectivity index (χ1) is 5.70. The number of rotatable bonds is 3. The minimum atomic E-state index is -1.06. The van der Waals surface area contributed by atoms with Crippen LogP contribution in [-0.2, 0) is 4.79 Å². The molecule has 0 saturated heterocycles. The molecule has 0 spiro atoms. The number of carbonyl (C=O) groups is 2. The summed E-state index contributed by atoms with van der Waals surface area (Å²) in [5, 5.41) is 10.4. The zero-order valence-electron chi connectivity index (χ0n) is 5.98. The van der Waals surface area contributed by atoms with Crippen molar-refractivity contribution in [3.8, 4) is 0 Å². The van der Waals surface area contributed by atoms with Crippen molar-refractivity contribution >= 4 is 23.2 Å². The highest BCUT2D eigenvalue weighted by molar-refractivity contribution is 7.11. The van der Waals surface area contributed by atoms with Crippen LogP contribution in [0.3, 0.4) is 0 Å². The highest BCUT2D eigenvalue weighted by Gasteiger charge is 2.07. The third-order valence-electron chi connectivity index (χ3n) is 1.06. The molecular weight excluding hydrogens is 180 g/mol. The average Bonchev–Trinajstić information content (AvgIpc) is 2.51. The van der Waals surface area contributed by atoms with Crippen molar-refractivity contribution in [2.24, 2.45) is 0 Å². The second kappa shape index (κ2) is 3.82. The molecule has 5 nitrogen and oxygen atoms in total. The Labute approximate surface area is 72.1 Å². The van der Waals surface area contributed by atoms with Gasteiger partial charge in [-0.15, -0.1) is 11.3 Å². The minimum Gasteiger partial charge on any atom is -0.480 e. The number of hydrogen-bond acceptors (Lipinski definition) is 4. The maximum atomic E-state index is 11.0. The molecule has 0 bridgehead atoms. The summed E-state index contributed by atoms with van der Waals surface area (Å²) in [4.78, 5) is 25.1. The van der Waals surface area contributed by atoms with Gasteiger partial charge in [-0.2, -0.15) is 0 Å². The molecular formula is C6H6N2O3S. The van der Waals surface area contributed by atoms with Gasteiger partial charge in [0.15, 0.2) is 0 Å². The lowest BCUT2D eigenvalue weighted by Crippen LogP contribution is -2.28. The Hall–Kier alpha value is -1.43. The molecule has 0 radical (unpaired) electrons. The van der Waals surface area contributed by atoms with Crippen LogP contribution in [0, 0.1) is 0 Å². The van der Waals surface area contributed by atoms with Crippen LogP contribution in [0.15, 0.2) is 11.7 Å². The molecule has 0 saturated carbocycles. The van der Waals surface area contributed by atoms with Gasteiger partial charge in [0, 0.05) is 0 Å². The molecule has 0 aliphatic carbocycles. The molecule has 0 fully saturated rings. The molecule has 1 rings (SSSR count). The number of carboxylic acids is 1. The standard InChI is InChI=1S/C6H6N2O3S/c9-5(10)2-8-6(11)4-1-7-3-12-4/h1,3H,2H2,(H,8,11)(H,9,10). The zero-order valence-corrected chi connectivity index (χ0v) is 6.80. The van der Waals surface area contributed by atoms with E-state index in [1.54, 1.807) is 0 Å². The van der Waals surface area contributed by atoms with Gasteiger partial charge in [0.2, 0.25) is 0 Å². The highest BCUT2D eigenvalue weighted by Crippen LogP contribution is 2.03. The van der Waals surface area contributed by atoms with E-state index in [2.05, 4.69) is 10.3 Å². The molecule has 0 aliphatic heterocycles. The average molecular weight is 186 g/mol. The van der Waals surface area contributed by atoms with E-state index in [1.165, 1.54) is 23.0 Å². The van der Waals surface area contributed by atoms with Crippen molar-refractivity contribution in [1.29, 1.82) is 0 Å². The number of thiazole rings is 1.